The second kappa shape index (κ2) is 8.48. The number of pyridine rings is 1. The molecule has 0 bridgehead atoms. The number of halogens is 2. The van der Waals surface area contributed by atoms with Gasteiger partial charge in [0, 0.05) is 35.2 Å². The van der Waals surface area contributed by atoms with Crippen LogP contribution >= 0.6 is 0 Å². The number of carbonyl (C=O) groups excluding carboxylic acids is 1. The van der Waals surface area contributed by atoms with Gasteiger partial charge in [-0.15, -0.1) is 0 Å². The van der Waals surface area contributed by atoms with Crippen LogP contribution in [0.25, 0.3) is 22.3 Å². The number of benzene rings is 1. The fourth-order valence-corrected chi connectivity index (χ4v) is 6.55. The first-order valence-corrected chi connectivity index (χ1v) is 12.5. The molecule has 0 N–H and O–H groups in total. The summed E-state index contributed by atoms with van der Waals surface area (Å²) in [5.74, 6) is -0.141. The van der Waals surface area contributed by atoms with Gasteiger partial charge in [0.05, 0.1) is 17.0 Å². The van der Waals surface area contributed by atoms with E-state index < -0.39 is 21.9 Å². The molecule has 1 unspecified atom stereocenters. The molecular formula is C23H25F2N3O4S. The average molecular weight is 478 g/mol. The van der Waals surface area contributed by atoms with Gasteiger partial charge in [0.15, 0.2) is 15.6 Å². The second-order valence-corrected chi connectivity index (χ2v) is 11.1. The number of ether oxygens (including phenoxy) is 1. The Morgan fingerprint density at radius 2 is 2.00 bits per heavy atom. The lowest BCUT2D eigenvalue weighted by molar-refractivity contribution is -0.0498. The molecule has 33 heavy (non-hydrogen) atoms. The smallest absolute Gasteiger partial charge is 0.387 e. The molecule has 0 saturated carbocycles. The van der Waals surface area contributed by atoms with Crippen molar-refractivity contribution >= 4 is 26.7 Å². The number of hydrogen-bond donors (Lipinski definition) is 0. The molecule has 176 valence electrons. The van der Waals surface area contributed by atoms with Crippen LogP contribution in [0, 0.1) is 5.41 Å². The fourth-order valence-electron chi connectivity index (χ4n) is 4.31. The number of Topliss-reactive ketones (excluding diaryl/α,β-unsaturated/α-hetero) is 1. The Balaban J connectivity index is 1.73. The van der Waals surface area contributed by atoms with Crippen molar-refractivity contribution in [1.82, 2.24) is 14.8 Å². The van der Waals surface area contributed by atoms with Crippen LogP contribution in [0.3, 0.4) is 0 Å². The highest BCUT2D eigenvalue weighted by Gasteiger charge is 2.45. The molecule has 0 aliphatic carbocycles. The summed E-state index contributed by atoms with van der Waals surface area (Å²) in [7, 11) is -3.05. The Labute approximate surface area is 190 Å². The van der Waals surface area contributed by atoms with E-state index in [4.69, 9.17) is 5.10 Å². The largest absolute Gasteiger partial charge is 0.435 e. The van der Waals surface area contributed by atoms with Crippen LogP contribution in [-0.2, 0) is 9.84 Å². The van der Waals surface area contributed by atoms with Gasteiger partial charge >= 0.3 is 6.61 Å². The maximum Gasteiger partial charge on any atom is 0.387 e. The molecule has 1 saturated heterocycles. The zero-order chi connectivity index (χ0) is 24.0. The molecule has 0 amide bonds. The highest BCUT2D eigenvalue weighted by molar-refractivity contribution is 7.92. The summed E-state index contributed by atoms with van der Waals surface area (Å²) in [5.41, 5.74) is 2.09. The molecule has 7 nitrogen and oxygen atoms in total. The van der Waals surface area contributed by atoms with Gasteiger partial charge in [-0.3, -0.25) is 14.5 Å². The predicted molar refractivity (Wildman–Crippen MR) is 120 cm³/mol. The van der Waals surface area contributed by atoms with Gasteiger partial charge in [-0.1, -0.05) is 26.0 Å². The van der Waals surface area contributed by atoms with E-state index in [9.17, 15) is 22.0 Å². The number of sulfone groups is 1. The first-order valence-electron chi connectivity index (χ1n) is 10.7. The monoisotopic (exact) mass is 477 g/mol. The van der Waals surface area contributed by atoms with Crippen LogP contribution < -0.4 is 4.74 Å². The van der Waals surface area contributed by atoms with E-state index in [1.807, 2.05) is 13.8 Å². The van der Waals surface area contributed by atoms with E-state index in [1.54, 1.807) is 29.8 Å². The molecule has 1 fully saturated rings. The number of fused-ring (bicyclic) bond motifs is 1. The van der Waals surface area contributed by atoms with Gasteiger partial charge < -0.3 is 4.74 Å². The molecule has 3 aromatic rings. The number of carbonyl (C=O) groups is 1. The molecule has 1 aliphatic rings. The number of rotatable bonds is 8. The molecule has 2 aromatic heterocycles. The second-order valence-electron chi connectivity index (χ2n) is 8.99. The van der Waals surface area contributed by atoms with Gasteiger partial charge in [-0.2, -0.15) is 13.9 Å². The van der Waals surface area contributed by atoms with Crippen molar-refractivity contribution in [2.75, 3.05) is 11.5 Å². The molecule has 1 atom stereocenters. The first kappa shape index (κ1) is 23.3. The lowest BCUT2D eigenvalue weighted by Gasteiger charge is -2.37. The molecule has 1 aromatic carbocycles. The molecule has 0 radical (unpaired) electrons. The van der Waals surface area contributed by atoms with E-state index in [2.05, 4.69) is 9.72 Å². The standard InChI is InChI=1S/C23H25F2N3O4S/c1-4-14(2)28-18-9-16(19(29)10-23(3)12-33(30,31)13-23)11-26-21(18)20(27-28)15-6-5-7-17(8-15)32-22(24)25/h5-9,11,14,22H,4,10,12-13H2,1-3H3. The Bertz CT molecular complexity index is 1310. The lowest BCUT2D eigenvalue weighted by Crippen LogP contribution is -2.47. The fraction of sp³-hybridized carbons (Fsp3) is 0.435. The van der Waals surface area contributed by atoms with Gasteiger partial charge in [0.2, 0.25) is 0 Å². The number of nitrogens with zero attached hydrogens (tertiary/aromatic N) is 3. The molecule has 3 heterocycles. The first-order chi connectivity index (χ1) is 15.5. The minimum Gasteiger partial charge on any atom is -0.435 e. The minimum atomic E-state index is -3.05. The number of alkyl halides is 2. The lowest BCUT2D eigenvalue weighted by atomic mass is 9.86. The molecule has 1 aliphatic heterocycles. The Kier molecular flexibility index (Phi) is 5.98. The van der Waals surface area contributed by atoms with Crippen molar-refractivity contribution in [2.24, 2.45) is 5.41 Å². The van der Waals surface area contributed by atoms with E-state index in [0.29, 0.717) is 27.9 Å². The third-order valence-electron chi connectivity index (χ3n) is 5.93. The average Bonchev–Trinajstić information content (AvgIpc) is 3.10. The number of hydrogen-bond acceptors (Lipinski definition) is 6. The van der Waals surface area contributed by atoms with Crippen LogP contribution in [0.4, 0.5) is 8.78 Å². The molecule has 0 spiro atoms. The third kappa shape index (κ3) is 4.75. The minimum absolute atomic E-state index is 0.00295. The van der Waals surface area contributed by atoms with E-state index in [0.717, 1.165) is 6.42 Å². The van der Waals surface area contributed by atoms with Crippen LogP contribution in [0.1, 0.15) is 50.0 Å². The zero-order valence-corrected chi connectivity index (χ0v) is 19.4. The normalized spacial score (nSPS) is 17.6. The number of aromatic nitrogens is 3. The molecular weight excluding hydrogens is 452 g/mol. The summed E-state index contributed by atoms with van der Waals surface area (Å²) in [4.78, 5) is 17.4. The van der Waals surface area contributed by atoms with Crippen molar-refractivity contribution in [1.29, 1.82) is 0 Å². The van der Waals surface area contributed by atoms with Crippen LogP contribution in [0.15, 0.2) is 36.5 Å². The van der Waals surface area contributed by atoms with Crippen molar-refractivity contribution in [3.8, 4) is 17.0 Å². The highest BCUT2D eigenvalue weighted by Crippen LogP contribution is 2.37. The van der Waals surface area contributed by atoms with Crippen LogP contribution in [0.2, 0.25) is 0 Å². The van der Waals surface area contributed by atoms with E-state index >= 15 is 0 Å². The summed E-state index contributed by atoms with van der Waals surface area (Å²) in [5, 5.41) is 4.69. The Morgan fingerprint density at radius 3 is 2.64 bits per heavy atom. The van der Waals surface area contributed by atoms with E-state index in [-0.39, 0.29) is 35.5 Å². The SMILES string of the molecule is CCC(C)n1nc(-c2cccc(OC(F)F)c2)c2ncc(C(=O)CC3(C)CS(=O)(=O)C3)cc21. The quantitative estimate of drug-likeness (QED) is 0.438. The van der Waals surface area contributed by atoms with E-state index in [1.165, 1.54) is 18.3 Å². The van der Waals surface area contributed by atoms with Crippen molar-refractivity contribution in [3.05, 3.63) is 42.1 Å². The van der Waals surface area contributed by atoms with Crippen molar-refractivity contribution < 1.29 is 26.7 Å². The van der Waals surface area contributed by atoms with Crippen LogP contribution in [0.5, 0.6) is 5.75 Å². The highest BCUT2D eigenvalue weighted by atomic mass is 32.2. The Morgan fingerprint density at radius 1 is 1.27 bits per heavy atom. The summed E-state index contributed by atoms with van der Waals surface area (Å²) in [6.07, 6.45) is 2.36. The van der Waals surface area contributed by atoms with Gasteiger partial charge in [-0.05, 0) is 31.5 Å². The maximum atomic E-state index is 12.9. The third-order valence-corrected chi connectivity index (χ3v) is 8.21. The topological polar surface area (TPSA) is 91.2 Å². The summed E-state index contributed by atoms with van der Waals surface area (Å²) < 4.78 is 54.8. The zero-order valence-electron chi connectivity index (χ0n) is 18.6. The maximum absolute atomic E-state index is 12.9. The van der Waals surface area contributed by atoms with Gasteiger partial charge in [0.1, 0.15) is 17.0 Å². The molecule has 4 rings (SSSR count). The number of ketones is 1. The summed E-state index contributed by atoms with van der Waals surface area (Å²) >= 11 is 0. The summed E-state index contributed by atoms with van der Waals surface area (Å²) in [6, 6.07) is 7.99. The predicted octanol–water partition coefficient (Wildman–Crippen LogP) is 4.68. The molecule has 10 heteroatoms. The van der Waals surface area contributed by atoms with Crippen molar-refractivity contribution in [3.63, 3.8) is 0 Å². The Hall–Kier alpha value is -2.88. The van der Waals surface area contributed by atoms with Gasteiger partial charge in [0.25, 0.3) is 0 Å². The van der Waals surface area contributed by atoms with Crippen LogP contribution in [-0.4, -0.2) is 47.1 Å². The van der Waals surface area contributed by atoms with Gasteiger partial charge in [-0.25, -0.2) is 8.42 Å². The van der Waals surface area contributed by atoms with Crippen molar-refractivity contribution in [2.45, 2.75) is 46.3 Å². The summed E-state index contributed by atoms with van der Waals surface area (Å²) in [6.45, 7) is 2.86.